The quantitative estimate of drug-likeness (QED) is 0.161. The van der Waals surface area contributed by atoms with E-state index in [4.69, 9.17) is 15.5 Å². The topological polar surface area (TPSA) is 92.8 Å². The first-order valence-corrected chi connectivity index (χ1v) is 13.1. The average molecular weight is 424 g/mol. The summed E-state index contributed by atoms with van der Waals surface area (Å²) in [7, 11) is -4.23. The molecule has 0 aliphatic heterocycles. The molecule has 0 aromatic rings. The molecule has 6 heteroatoms. The molecular formula is C22H50NO4P. The highest BCUT2D eigenvalue weighted by atomic mass is 31.2. The molecule has 0 rings (SSSR count). The number of hydrogen-bond donors (Lipinski definition) is 3. The Balaban J connectivity index is 0. The van der Waals surface area contributed by atoms with E-state index in [0.29, 0.717) is 0 Å². The van der Waals surface area contributed by atoms with Crippen molar-refractivity contribution in [2.45, 2.75) is 136 Å². The van der Waals surface area contributed by atoms with Gasteiger partial charge in [0, 0.05) is 5.54 Å². The fraction of sp³-hybridized carbons (Fsp3) is 1.00. The summed E-state index contributed by atoms with van der Waals surface area (Å²) in [6, 6.07) is 0. The summed E-state index contributed by atoms with van der Waals surface area (Å²) in [4.78, 5) is 16.7. The van der Waals surface area contributed by atoms with E-state index in [1.54, 1.807) is 0 Å². The number of unbranched alkanes of at least 4 members (excludes halogenated alkanes) is 13. The van der Waals surface area contributed by atoms with Crippen LogP contribution in [-0.4, -0.2) is 21.9 Å². The van der Waals surface area contributed by atoms with Crippen LogP contribution in [0, 0.1) is 0 Å². The van der Waals surface area contributed by atoms with Crippen LogP contribution < -0.4 is 5.73 Å². The van der Waals surface area contributed by atoms with Gasteiger partial charge in [-0.3, -0.25) is 4.52 Å². The second-order valence-electron chi connectivity index (χ2n) is 8.66. The second-order valence-corrected chi connectivity index (χ2v) is 9.90. The smallest absolute Gasteiger partial charge is 0.326 e. The van der Waals surface area contributed by atoms with Gasteiger partial charge in [-0.1, -0.05) is 104 Å². The Morgan fingerprint density at radius 2 is 1.07 bits per heavy atom. The summed E-state index contributed by atoms with van der Waals surface area (Å²) >= 11 is 0. The molecule has 5 nitrogen and oxygen atoms in total. The third-order valence-electron chi connectivity index (χ3n) is 4.68. The molecule has 0 spiro atoms. The van der Waals surface area contributed by atoms with Gasteiger partial charge in [0.25, 0.3) is 0 Å². The van der Waals surface area contributed by atoms with Crippen LogP contribution in [0.3, 0.4) is 0 Å². The highest BCUT2D eigenvalue weighted by Crippen LogP contribution is 2.35. The Kier molecular flexibility index (Phi) is 22.0. The zero-order chi connectivity index (χ0) is 21.7. The van der Waals surface area contributed by atoms with Gasteiger partial charge in [-0.15, -0.1) is 0 Å². The molecule has 0 aliphatic carbocycles. The first kappa shape index (κ1) is 30.3. The third-order valence-corrected chi connectivity index (χ3v) is 5.20. The third kappa shape index (κ3) is 33.6. The van der Waals surface area contributed by atoms with Crippen molar-refractivity contribution >= 4 is 7.82 Å². The summed E-state index contributed by atoms with van der Waals surface area (Å²) in [5, 5.41) is 0. The van der Waals surface area contributed by atoms with Crippen molar-refractivity contribution in [1.82, 2.24) is 0 Å². The van der Waals surface area contributed by atoms with E-state index in [9.17, 15) is 4.57 Å². The van der Waals surface area contributed by atoms with Crippen LogP contribution in [0.15, 0.2) is 0 Å². The van der Waals surface area contributed by atoms with Crippen molar-refractivity contribution in [3.8, 4) is 0 Å². The minimum atomic E-state index is -4.23. The standard InChI is InChI=1S/C14H31N.C8H19O4P/c1-4-5-6-7-8-9-10-11-12-13-14(2,3)15;1-2-3-4-5-6-7-8-12-13(9,10)11/h4-13,15H2,1-3H3;2-8H2,1H3,(H2,9,10,11). The van der Waals surface area contributed by atoms with Crippen LogP contribution >= 0.6 is 7.82 Å². The van der Waals surface area contributed by atoms with Crippen molar-refractivity contribution in [1.29, 1.82) is 0 Å². The molecule has 4 N–H and O–H groups in total. The molecule has 0 heterocycles. The summed E-state index contributed by atoms with van der Waals surface area (Å²) < 4.78 is 14.5. The largest absolute Gasteiger partial charge is 0.469 e. The number of nitrogens with two attached hydrogens (primary N) is 1. The molecule has 0 aliphatic rings. The maximum absolute atomic E-state index is 10.2. The normalized spacial score (nSPS) is 12.0. The van der Waals surface area contributed by atoms with E-state index in [0.717, 1.165) is 19.3 Å². The lowest BCUT2D eigenvalue weighted by Crippen LogP contribution is -2.31. The number of hydrogen-bond acceptors (Lipinski definition) is 3. The van der Waals surface area contributed by atoms with Gasteiger partial charge in [0.05, 0.1) is 6.61 Å². The lowest BCUT2D eigenvalue weighted by molar-refractivity contribution is 0.193. The van der Waals surface area contributed by atoms with Gasteiger partial charge in [-0.05, 0) is 26.7 Å². The molecule has 0 bridgehead atoms. The maximum Gasteiger partial charge on any atom is 0.469 e. The first-order chi connectivity index (χ1) is 13.1. The number of phosphoric acid groups is 1. The Hall–Kier alpha value is 0.0700. The predicted octanol–water partition coefficient (Wildman–Crippen LogP) is 7.10. The Morgan fingerprint density at radius 3 is 1.43 bits per heavy atom. The van der Waals surface area contributed by atoms with Gasteiger partial charge in [0.15, 0.2) is 0 Å². The molecule has 0 fully saturated rings. The first-order valence-electron chi connectivity index (χ1n) is 11.6. The van der Waals surface area contributed by atoms with Crippen molar-refractivity contribution in [3.05, 3.63) is 0 Å². The SMILES string of the molecule is CCCCCCCCCCCC(C)(C)N.CCCCCCCCOP(=O)(O)O. The van der Waals surface area contributed by atoms with Gasteiger partial charge in [0.1, 0.15) is 0 Å². The van der Waals surface area contributed by atoms with Crippen LogP contribution in [0.1, 0.15) is 130 Å². The molecule has 0 unspecified atom stereocenters. The van der Waals surface area contributed by atoms with Gasteiger partial charge in [0.2, 0.25) is 0 Å². The summed E-state index contributed by atoms with van der Waals surface area (Å²) in [6.07, 6.45) is 20.2. The van der Waals surface area contributed by atoms with Crippen molar-refractivity contribution in [3.63, 3.8) is 0 Å². The monoisotopic (exact) mass is 423 g/mol. The summed E-state index contributed by atoms with van der Waals surface area (Å²) in [6.45, 7) is 8.83. The minimum Gasteiger partial charge on any atom is -0.326 e. The molecule has 0 atom stereocenters. The van der Waals surface area contributed by atoms with Gasteiger partial charge >= 0.3 is 7.82 Å². The Morgan fingerprint density at radius 1 is 0.714 bits per heavy atom. The van der Waals surface area contributed by atoms with E-state index in [2.05, 4.69) is 32.2 Å². The maximum atomic E-state index is 10.2. The van der Waals surface area contributed by atoms with Crippen LogP contribution in [-0.2, 0) is 9.09 Å². The molecule has 0 saturated carbocycles. The number of phosphoric ester groups is 1. The van der Waals surface area contributed by atoms with Crippen LogP contribution in [0.25, 0.3) is 0 Å². The lowest BCUT2D eigenvalue weighted by Gasteiger charge is -2.17. The van der Waals surface area contributed by atoms with Crippen LogP contribution in [0.5, 0.6) is 0 Å². The van der Waals surface area contributed by atoms with E-state index in [1.165, 1.54) is 83.5 Å². The van der Waals surface area contributed by atoms with Crippen molar-refractivity contribution < 1.29 is 18.9 Å². The summed E-state index contributed by atoms with van der Waals surface area (Å²) in [5.41, 5.74) is 5.97. The van der Waals surface area contributed by atoms with Gasteiger partial charge in [-0.25, -0.2) is 4.57 Å². The van der Waals surface area contributed by atoms with Crippen molar-refractivity contribution in [2.24, 2.45) is 5.73 Å². The fourth-order valence-corrected chi connectivity index (χ4v) is 3.32. The zero-order valence-corrected chi connectivity index (χ0v) is 20.2. The van der Waals surface area contributed by atoms with E-state index >= 15 is 0 Å². The van der Waals surface area contributed by atoms with Crippen LogP contribution in [0.4, 0.5) is 0 Å². The molecular weight excluding hydrogens is 373 g/mol. The Bertz CT molecular complexity index is 353. The molecule has 172 valence electrons. The van der Waals surface area contributed by atoms with E-state index < -0.39 is 7.82 Å². The van der Waals surface area contributed by atoms with Crippen molar-refractivity contribution in [2.75, 3.05) is 6.61 Å². The summed E-state index contributed by atoms with van der Waals surface area (Å²) in [5.74, 6) is 0. The highest BCUT2D eigenvalue weighted by molar-refractivity contribution is 7.46. The van der Waals surface area contributed by atoms with Gasteiger partial charge in [-0.2, -0.15) is 0 Å². The fourth-order valence-electron chi connectivity index (χ4n) is 2.96. The molecule has 0 aromatic carbocycles. The van der Waals surface area contributed by atoms with E-state index in [-0.39, 0.29) is 12.1 Å². The van der Waals surface area contributed by atoms with Crippen LogP contribution in [0.2, 0.25) is 0 Å². The Labute approximate surface area is 175 Å². The van der Waals surface area contributed by atoms with E-state index in [1.807, 2.05) is 0 Å². The van der Waals surface area contributed by atoms with Gasteiger partial charge < -0.3 is 15.5 Å². The number of rotatable bonds is 18. The molecule has 28 heavy (non-hydrogen) atoms. The molecule has 0 amide bonds. The zero-order valence-electron chi connectivity index (χ0n) is 19.3. The predicted molar refractivity (Wildman–Crippen MR) is 121 cm³/mol. The second kappa shape index (κ2) is 20.3. The average Bonchev–Trinajstić information content (AvgIpc) is 2.58. The molecule has 0 saturated heterocycles. The highest BCUT2D eigenvalue weighted by Gasteiger charge is 2.12. The minimum absolute atomic E-state index is 0.0428. The molecule has 0 radical (unpaired) electrons. The molecule has 0 aromatic heterocycles. The lowest BCUT2D eigenvalue weighted by atomic mass is 9.97.